The van der Waals surface area contributed by atoms with Gasteiger partial charge in [0.05, 0.1) is 15.4 Å². The summed E-state index contributed by atoms with van der Waals surface area (Å²) in [6.45, 7) is 14.7. The predicted octanol–water partition coefficient (Wildman–Crippen LogP) is 10.4. The molecule has 2 aliphatic heterocycles. The summed E-state index contributed by atoms with van der Waals surface area (Å²) in [6, 6.07) is 23.0. The SMILES string of the molecule is CC1(C)CCC(CN2CCN(c3ccc(C(=O)NS(=O)(=O)c4ccc(NC5CCN(C(=O)OC(C)(C)C)CC5)c([N+](=O)[O-])c4)c(Oc4cccc(Cl)c4)c3)CC2)=C(c2ccc(Cl)cc2)C1. The molecular formula is C48H56Cl2N6O8S. The number of nitro benzene ring substituents is 1. The van der Waals surface area contributed by atoms with E-state index in [2.05, 4.69) is 45.8 Å². The minimum Gasteiger partial charge on any atom is -0.456 e. The number of carbonyl (C=O) groups is 2. The Balaban J connectivity index is 1.05. The number of sulfonamides is 1. The summed E-state index contributed by atoms with van der Waals surface area (Å²) >= 11 is 12.5. The van der Waals surface area contributed by atoms with Gasteiger partial charge in [0, 0.05) is 79.7 Å². The Hall–Kier alpha value is -5.35. The Morgan fingerprint density at radius 3 is 2.26 bits per heavy atom. The fourth-order valence-electron chi connectivity index (χ4n) is 8.48. The van der Waals surface area contributed by atoms with Crippen LogP contribution in [0.4, 0.5) is 21.9 Å². The van der Waals surface area contributed by atoms with E-state index in [4.69, 9.17) is 32.7 Å². The lowest BCUT2D eigenvalue weighted by Crippen LogP contribution is -2.47. The fourth-order valence-corrected chi connectivity index (χ4v) is 9.77. The molecule has 0 spiro atoms. The average Bonchev–Trinajstić information content (AvgIpc) is 3.24. The highest BCUT2D eigenvalue weighted by atomic mass is 35.5. The number of nitro groups is 1. The Morgan fingerprint density at radius 1 is 0.892 bits per heavy atom. The topological polar surface area (TPSA) is 164 Å². The number of amides is 2. The van der Waals surface area contributed by atoms with Crippen molar-refractivity contribution in [2.75, 3.05) is 56.0 Å². The Morgan fingerprint density at radius 2 is 1.60 bits per heavy atom. The van der Waals surface area contributed by atoms with Gasteiger partial charge < -0.3 is 24.6 Å². The molecule has 346 valence electrons. The molecular weight excluding hydrogens is 892 g/mol. The maximum absolute atomic E-state index is 13.9. The number of ether oxygens (including phenoxy) is 2. The summed E-state index contributed by atoms with van der Waals surface area (Å²) in [5.74, 6) is -0.544. The quantitative estimate of drug-likeness (QED) is 0.103. The molecule has 0 atom stereocenters. The van der Waals surface area contributed by atoms with Gasteiger partial charge in [0.15, 0.2) is 0 Å². The van der Waals surface area contributed by atoms with E-state index >= 15 is 0 Å². The monoisotopic (exact) mass is 946 g/mol. The normalized spacial score (nSPS) is 17.4. The van der Waals surface area contributed by atoms with Crippen molar-refractivity contribution in [2.24, 2.45) is 5.41 Å². The molecule has 2 saturated heterocycles. The molecule has 14 nitrogen and oxygen atoms in total. The third-order valence-electron chi connectivity index (χ3n) is 12.0. The fraction of sp³-hybridized carbons (Fsp3) is 0.417. The second-order valence-corrected chi connectivity index (χ2v) is 21.2. The van der Waals surface area contributed by atoms with Gasteiger partial charge in [-0.05, 0) is 124 Å². The minimum absolute atomic E-state index is 0.0664. The highest BCUT2D eigenvalue weighted by Gasteiger charge is 2.32. The predicted molar refractivity (Wildman–Crippen MR) is 255 cm³/mol. The Bertz CT molecular complexity index is 2560. The number of piperidine rings is 1. The maximum Gasteiger partial charge on any atom is 0.410 e. The van der Waals surface area contributed by atoms with Crippen molar-refractivity contribution in [2.45, 2.75) is 83.3 Å². The third-order valence-corrected chi connectivity index (χ3v) is 13.8. The molecule has 0 bridgehead atoms. The van der Waals surface area contributed by atoms with Crippen LogP contribution < -0.4 is 19.7 Å². The molecule has 0 saturated carbocycles. The van der Waals surface area contributed by atoms with Gasteiger partial charge in [0.2, 0.25) is 0 Å². The second kappa shape index (κ2) is 19.6. The standard InChI is InChI=1S/C48H56Cl2N6O8S/c1-47(2,3)64-46(58)55-21-18-36(19-22-55)51-42-16-14-39(29-43(42)56(59)60)65(61,62)52-45(57)40-15-13-37(28-44(40)63-38-8-6-7-35(50)27-38)54-25-23-53(24-26-54)31-33-17-20-48(4,5)30-41(33)32-9-11-34(49)12-10-32/h6-16,27-29,36,51H,17-26,30-31H2,1-5H3,(H,52,57). The largest absolute Gasteiger partial charge is 0.456 e. The molecule has 7 rings (SSSR count). The van der Waals surface area contributed by atoms with Crippen molar-refractivity contribution < 1.29 is 32.4 Å². The van der Waals surface area contributed by atoms with Crippen LogP contribution in [0, 0.1) is 15.5 Å². The minimum atomic E-state index is -4.61. The summed E-state index contributed by atoms with van der Waals surface area (Å²) in [4.78, 5) is 43.8. The van der Waals surface area contributed by atoms with Gasteiger partial charge in [-0.15, -0.1) is 0 Å². The summed E-state index contributed by atoms with van der Waals surface area (Å²) in [7, 11) is -4.61. The molecule has 0 unspecified atom stereocenters. The molecule has 2 amide bonds. The molecule has 3 aliphatic rings. The zero-order chi connectivity index (χ0) is 46.7. The number of rotatable bonds is 12. The van der Waals surface area contributed by atoms with E-state index < -0.39 is 43.1 Å². The van der Waals surface area contributed by atoms with Crippen molar-refractivity contribution in [1.29, 1.82) is 0 Å². The van der Waals surface area contributed by atoms with Crippen LogP contribution in [0.3, 0.4) is 0 Å². The lowest BCUT2D eigenvalue weighted by Gasteiger charge is -2.39. The summed E-state index contributed by atoms with van der Waals surface area (Å²) < 4.78 is 41.3. The van der Waals surface area contributed by atoms with Gasteiger partial charge >= 0.3 is 6.09 Å². The zero-order valence-corrected chi connectivity index (χ0v) is 39.7. The average molecular weight is 948 g/mol. The first-order valence-corrected chi connectivity index (χ1v) is 24.1. The Labute approximate surface area is 391 Å². The second-order valence-electron chi connectivity index (χ2n) is 18.7. The molecule has 17 heteroatoms. The van der Waals surface area contributed by atoms with Gasteiger partial charge in [0.25, 0.3) is 21.6 Å². The van der Waals surface area contributed by atoms with E-state index in [0.717, 1.165) is 55.7 Å². The lowest BCUT2D eigenvalue weighted by molar-refractivity contribution is -0.384. The number of hydrogen-bond acceptors (Lipinski definition) is 11. The number of nitrogens with one attached hydrogen (secondary N) is 2. The summed E-state index contributed by atoms with van der Waals surface area (Å²) in [5, 5.41) is 16.5. The van der Waals surface area contributed by atoms with Crippen molar-refractivity contribution >= 4 is 67.9 Å². The van der Waals surface area contributed by atoms with E-state index in [1.165, 1.54) is 34.9 Å². The highest BCUT2D eigenvalue weighted by Crippen LogP contribution is 2.43. The van der Waals surface area contributed by atoms with Gasteiger partial charge in [-0.2, -0.15) is 0 Å². The molecule has 0 aromatic heterocycles. The zero-order valence-electron chi connectivity index (χ0n) is 37.4. The molecule has 65 heavy (non-hydrogen) atoms. The van der Waals surface area contributed by atoms with Crippen molar-refractivity contribution in [3.8, 4) is 11.5 Å². The number of nitrogens with zero attached hydrogens (tertiary/aromatic N) is 4. The number of anilines is 2. The molecule has 2 N–H and O–H groups in total. The molecule has 4 aromatic carbocycles. The smallest absolute Gasteiger partial charge is 0.410 e. The van der Waals surface area contributed by atoms with Crippen LogP contribution in [-0.2, 0) is 14.8 Å². The molecule has 2 fully saturated rings. The number of hydrogen-bond donors (Lipinski definition) is 2. The van der Waals surface area contributed by atoms with Crippen molar-refractivity contribution in [3.63, 3.8) is 0 Å². The molecule has 0 radical (unpaired) electrons. The van der Waals surface area contributed by atoms with Gasteiger partial charge in [-0.3, -0.25) is 19.8 Å². The maximum atomic E-state index is 13.9. The molecule has 4 aromatic rings. The highest BCUT2D eigenvalue weighted by molar-refractivity contribution is 7.90. The number of piperazine rings is 1. The first-order valence-electron chi connectivity index (χ1n) is 21.8. The summed E-state index contributed by atoms with van der Waals surface area (Å²) in [6.07, 6.45) is 3.72. The number of likely N-dealkylation sites (tertiary alicyclic amines) is 1. The molecule has 1 aliphatic carbocycles. The van der Waals surface area contributed by atoms with E-state index in [-0.39, 0.29) is 28.5 Å². The van der Waals surface area contributed by atoms with Crippen LogP contribution in [0.1, 0.15) is 82.6 Å². The van der Waals surface area contributed by atoms with E-state index in [0.29, 0.717) is 49.8 Å². The van der Waals surface area contributed by atoms with E-state index in [9.17, 15) is 28.1 Å². The summed E-state index contributed by atoms with van der Waals surface area (Å²) in [5.41, 5.74) is 4.01. The first-order chi connectivity index (χ1) is 30.7. The van der Waals surface area contributed by atoms with Crippen LogP contribution in [0.2, 0.25) is 10.0 Å². The first kappa shape index (κ1) is 47.6. The van der Waals surface area contributed by atoms with Crippen molar-refractivity contribution in [3.05, 3.63) is 122 Å². The van der Waals surface area contributed by atoms with E-state index in [1.807, 2.05) is 12.1 Å². The lowest BCUT2D eigenvalue weighted by atomic mass is 9.72. The third kappa shape index (κ3) is 12.3. The number of allylic oxidation sites excluding steroid dienone is 1. The van der Waals surface area contributed by atoms with Gasteiger partial charge in [-0.25, -0.2) is 17.9 Å². The van der Waals surface area contributed by atoms with E-state index in [1.54, 1.807) is 62.1 Å². The van der Waals surface area contributed by atoms with Gasteiger partial charge in [-0.1, -0.05) is 60.8 Å². The van der Waals surface area contributed by atoms with Crippen molar-refractivity contribution in [1.82, 2.24) is 14.5 Å². The number of benzene rings is 4. The number of carbonyl (C=O) groups excluding carboxylic acids is 2. The van der Waals surface area contributed by atoms with Crippen LogP contribution >= 0.6 is 23.2 Å². The number of halogens is 2. The molecule has 2 heterocycles. The van der Waals surface area contributed by atoms with Crippen LogP contribution in [-0.4, -0.2) is 92.6 Å². The Kier molecular flexibility index (Phi) is 14.4. The van der Waals surface area contributed by atoms with Crippen LogP contribution in [0.25, 0.3) is 5.57 Å². The van der Waals surface area contributed by atoms with Crippen LogP contribution in [0.5, 0.6) is 11.5 Å². The van der Waals surface area contributed by atoms with Crippen LogP contribution in [0.15, 0.2) is 95.4 Å². The van der Waals surface area contributed by atoms with Gasteiger partial charge in [0.1, 0.15) is 22.8 Å².